The first kappa shape index (κ1) is 13.9. The van der Waals surface area contributed by atoms with Crippen LogP contribution in [-0.2, 0) is 6.18 Å². The van der Waals surface area contributed by atoms with Crippen molar-refractivity contribution >= 4 is 34.7 Å². The van der Waals surface area contributed by atoms with Crippen molar-refractivity contribution in [1.82, 2.24) is 9.97 Å². The minimum absolute atomic E-state index is 0.00130. The lowest BCUT2D eigenvalue weighted by molar-refractivity contribution is -0.136. The van der Waals surface area contributed by atoms with Crippen LogP contribution in [0.2, 0.25) is 10.3 Å². The fourth-order valence-corrected chi connectivity index (χ4v) is 1.72. The number of halogens is 5. The zero-order valence-corrected chi connectivity index (χ0v) is 10.7. The van der Waals surface area contributed by atoms with Gasteiger partial charge in [-0.15, -0.1) is 0 Å². The van der Waals surface area contributed by atoms with E-state index in [2.05, 4.69) is 15.3 Å². The maximum Gasteiger partial charge on any atom is 0.418 e. The lowest BCUT2D eigenvalue weighted by Crippen LogP contribution is -2.09. The zero-order chi connectivity index (χ0) is 14.0. The predicted molar refractivity (Wildman–Crippen MR) is 66.8 cm³/mol. The largest absolute Gasteiger partial charge is 0.418 e. The molecule has 3 nitrogen and oxygen atoms in total. The van der Waals surface area contributed by atoms with E-state index in [1.807, 2.05) is 0 Å². The molecule has 100 valence electrons. The average molecular weight is 308 g/mol. The molecule has 0 aliphatic carbocycles. The van der Waals surface area contributed by atoms with Gasteiger partial charge < -0.3 is 5.32 Å². The molecule has 1 heterocycles. The number of alkyl halides is 3. The lowest BCUT2D eigenvalue weighted by Gasteiger charge is -2.14. The highest BCUT2D eigenvalue weighted by molar-refractivity contribution is 6.30. The fraction of sp³-hybridized carbons (Fsp3) is 0.0909. The van der Waals surface area contributed by atoms with Gasteiger partial charge in [0.05, 0.1) is 11.3 Å². The van der Waals surface area contributed by atoms with Crippen molar-refractivity contribution < 1.29 is 13.2 Å². The van der Waals surface area contributed by atoms with Gasteiger partial charge in [0.15, 0.2) is 0 Å². The fourth-order valence-electron chi connectivity index (χ4n) is 1.40. The van der Waals surface area contributed by atoms with Crippen molar-refractivity contribution in [3.8, 4) is 0 Å². The van der Waals surface area contributed by atoms with Gasteiger partial charge in [-0.25, -0.2) is 9.97 Å². The number of anilines is 2. The van der Waals surface area contributed by atoms with E-state index in [-0.39, 0.29) is 21.8 Å². The summed E-state index contributed by atoms with van der Waals surface area (Å²) in [5, 5.41) is 2.47. The lowest BCUT2D eigenvalue weighted by atomic mass is 10.1. The summed E-state index contributed by atoms with van der Waals surface area (Å²) in [7, 11) is 0. The molecule has 1 aromatic heterocycles. The van der Waals surface area contributed by atoms with Crippen molar-refractivity contribution in [2.45, 2.75) is 6.18 Å². The summed E-state index contributed by atoms with van der Waals surface area (Å²) >= 11 is 11.1. The van der Waals surface area contributed by atoms with Gasteiger partial charge in [0.25, 0.3) is 0 Å². The van der Waals surface area contributed by atoms with Crippen molar-refractivity contribution in [3.63, 3.8) is 0 Å². The van der Waals surface area contributed by atoms with Gasteiger partial charge >= 0.3 is 6.18 Å². The molecule has 0 spiro atoms. The number of aromatic nitrogens is 2. The highest BCUT2D eigenvalue weighted by Gasteiger charge is 2.33. The highest BCUT2D eigenvalue weighted by atomic mass is 35.5. The van der Waals surface area contributed by atoms with Crippen molar-refractivity contribution in [3.05, 3.63) is 46.3 Å². The van der Waals surface area contributed by atoms with Crippen molar-refractivity contribution in [2.75, 3.05) is 5.32 Å². The summed E-state index contributed by atoms with van der Waals surface area (Å²) in [4.78, 5) is 7.39. The van der Waals surface area contributed by atoms with E-state index in [1.165, 1.54) is 24.4 Å². The molecule has 0 bridgehead atoms. The van der Waals surface area contributed by atoms with Crippen LogP contribution in [0.5, 0.6) is 0 Å². The van der Waals surface area contributed by atoms with Crippen LogP contribution in [0, 0.1) is 0 Å². The Morgan fingerprint density at radius 1 is 1.11 bits per heavy atom. The molecule has 0 saturated carbocycles. The third kappa shape index (κ3) is 3.48. The molecule has 1 aromatic carbocycles. The van der Waals surface area contributed by atoms with Crippen LogP contribution < -0.4 is 5.32 Å². The Labute approximate surface area is 116 Å². The SMILES string of the molecule is FC(F)(F)c1cc(Cl)ccc1Nc1ccnc(Cl)n1. The molecule has 2 rings (SSSR count). The summed E-state index contributed by atoms with van der Waals surface area (Å²) in [6.07, 6.45) is -3.19. The van der Waals surface area contributed by atoms with E-state index in [1.54, 1.807) is 0 Å². The summed E-state index contributed by atoms with van der Waals surface area (Å²) in [5.74, 6) is 0.160. The van der Waals surface area contributed by atoms with Gasteiger partial charge in [0.2, 0.25) is 5.28 Å². The molecule has 0 unspecified atom stereocenters. The predicted octanol–water partition coefficient (Wildman–Crippen LogP) is 4.55. The Morgan fingerprint density at radius 3 is 2.47 bits per heavy atom. The average Bonchev–Trinajstić information content (AvgIpc) is 2.30. The molecule has 2 aromatic rings. The second-order valence-corrected chi connectivity index (χ2v) is 4.30. The second-order valence-electron chi connectivity index (χ2n) is 3.52. The third-order valence-electron chi connectivity index (χ3n) is 2.18. The minimum atomic E-state index is -4.52. The zero-order valence-electron chi connectivity index (χ0n) is 9.17. The van der Waals surface area contributed by atoms with Crippen LogP contribution in [0.4, 0.5) is 24.7 Å². The van der Waals surface area contributed by atoms with E-state index in [0.717, 1.165) is 6.07 Å². The first-order valence-electron chi connectivity index (χ1n) is 4.98. The van der Waals surface area contributed by atoms with Gasteiger partial charge in [-0.05, 0) is 35.9 Å². The Bertz CT molecular complexity index is 602. The quantitative estimate of drug-likeness (QED) is 0.827. The number of benzene rings is 1. The van der Waals surface area contributed by atoms with Gasteiger partial charge in [0, 0.05) is 11.2 Å². The monoisotopic (exact) mass is 307 g/mol. The van der Waals surface area contributed by atoms with Gasteiger partial charge in [0.1, 0.15) is 5.82 Å². The maximum absolute atomic E-state index is 12.9. The normalized spacial score (nSPS) is 11.4. The van der Waals surface area contributed by atoms with Crippen molar-refractivity contribution in [1.29, 1.82) is 0 Å². The molecular weight excluding hydrogens is 302 g/mol. The minimum Gasteiger partial charge on any atom is -0.340 e. The van der Waals surface area contributed by atoms with Crippen LogP contribution in [0.1, 0.15) is 5.56 Å². The smallest absolute Gasteiger partial charge is 0.340 e. The number of hydrogen-bond donors (Lipinski definition) is 1. The van der Waals surface area contributed by atoms with E-state index >= 15 is 0 Å². The van der Waals surface area contributed by atoms with Gasteiger partial charge in [-0.3, -0.25) is 0 Å². The number of rotatable bonds is 2. The topological polar surface area (TPSA) is 37.8 Å². The van der Waals surface area contributed by atoms with Crippen LogP contribution >= 0.6 is 23.2 Å². The number of nitrogens with one attached hydrogen (secondary N) is 1. The van der Waals surface area contributed by atoms with E-state index < -0.39 is 11.7 Å². The summed E-state index contributed by atoms with van der Waals surface area (Å²) in [5.41, 5.74) is -1.04. The number of hydrogen-bond acceptors (Lipinski definition) is 3. The summed E-state index contributed by atoms with van der Waals surface area (Å²) in [6, 6.07) is 4.82. The van der Waals surface area contributed by atoms with Gasteiger partial charge in [-0.1, -0.05) is 11.6 Å². The molecule has 0 aliphatic rings. The molecule has 19 heavy (non-hydrogen) atoms. The Morgan fingerprint density at radius 2 is 1.84 bits per heavy atom. The van der Waals surface area contributed by atoms with Crippen molar-refractivity contribution in [2.24, 2.45) is 0 Å². The number of nitrogens with zero attached hydrogens (tertiary/aromatic N) is 2. The third-order valence-corrected chi connectivity index (χ3v) is 2.59. The van der Waals surface area contributed by atoms with Crippen LogP contribution in [0.25, 0.3) is 0 Å². The van der Waals surface area contributed by atoms with Crippen LogP contribution in [0.3, 0.4) is 0 Å². The molecule has 0 amide bonds. The molecule has 0 atom stereocenters. The van der Waals surface area contributed by atoms with Crippen LogP contribution in [-0.4, -0.2) is 9.97 Å². The van der Waals surface area contributed by atoms with E-state index in [9.17, 15) is 13.2 Å². The maximum atomic E-state index is 12.9. The molecule has 1 N–H and O–H groups in total. The summed E-state index contributed by atoms with van der Waals surface area (Å²) < 4.78 is 38.6. The van der Waals surface area contributed by atoms with Gasteiger partial charge in [-0.2, -0.15) is 13.2 Å². The molecule has 0 saturated heterocycles. The molecular formula is C11H6Cl2F3N3. The highest BCUT2D eigenvalue weighted by Crippen LogP contribution is 2.37. The Balaban J connectivity index is 2.40. The summed E-state index contributed by atoms with van der Waals surface area (Å²) in [6.45, 7) is 0. The first-order chi connectivity index (χ1) is 8.86. The van der Waals surface area contributed by atoms with E-state index in [0.29, 0.717) is 0 Å². The molecule has 0 radical (unpaired) electrons. The standard InChI is InChI=1S/C11H6Cl2F3N3/c12-6-1-2-8(7(5-6)11(14,15)16)18-9-3-4-17-10(13)19-9/h1-5H,(H,17,18,19). The first-order valence-corrected chi connectivity index (χ1v) is 5.74. The molecule has 0 fully saturated rings. The molecule has 8 heteroatoms. The van der Waals surface area contributed by atoms with E-state index in [4.69, 9.17) is 23.2 Å². The Hall–Kier alpha value is -1.53. The molecule has 0 aliphatic heterocycles. The van der Waals surface area contributed by atoms with Crippen LogP contribution in [0.15, 0.2) is 30.5 Å². The Kier molecular flexibility index (Phi) is 3.82. The second kappa shape index (κ2) is 5.22.